The number of amidine groups is 1. The number of nitrogens with zero attached hydrogens (tertiary/aromatic N) is 2. The molecule has 0 fully saturated rings. The summed E-state index contributed by atoms with van der Waals surface area (Å²) in [4.78, 5) is 2.33. The molecule has 0 spiro atoms. The summed E-state index contributed by atoms with van der Waals surface area (Å²) in [6, 6.07) is 22.0. The monoisotopic (exact) mass is 342 g/mol. The molecule has 0 saturated carbocycles. The average Bonchev–Trinajstić information content (AvgIpc) is 3.12. The first-order valence-electron chi connectivity index (χ1n) is 8.52. The Morgan fingerprint density at radius 3 is 2.40 bits per heavy atom. The van der Waals surface area contributed by atoms with Crippen LogP contribution in [0.15, 0.2) is 65.1 Å². The van der Waals surface area contributed by atoms with Crippen LogP contribution in [0.3, 0.4) is 0 Å². The summed E-state index contributed by atoms with van der Waals surface area (Å²) in [5.74, 6) is 1.98. The van der Waals surface area contributed by atoms with Gasteiger partial charge in [0.15, 0.2) is 0 Å². The quantitative estimate of drug-likeness (QED) is 0.518. The highest BCUT2D eigenvalue weighted by atomic mass is 32.2. The fraction of sp³-hybridized carbons (Fsp3) is 0.136. The molecule has 0 aliphatic carbocycles. The Balaban J connectivity index is 1.77. The van der Waals surface area contributed by atoms with Gasteiger partial charge in [-0.15, -0.1) is 0 Å². The van der Waals surface area contributed by atoms with Crippen LogP contribution >= 0.6 is 11.9 Å². The molecule has 25 heavy (non-hydrogen) atoms. The summed E-state index contributed by atoms with van der Waals surface area (Å²) < 4.78 is 4.67. The van der Waals surface area contributed by atoms with Gasteiger partial charge in [-0.25, -0.2) is 0 Å². The van der Waals surface area contributed by atoms with Crippen LogP contribution in [0.25, 0.3) is 22.3 Å². The first kappa shape index (κ1) is 14.8. The second-order valence-electron chi connectivity index (χ2n) is 6.65. The van der Waals surface area contributed by atoms with Gasteiger partial charge in [-0.3, -0.25) is 0 Å². The topological polar surface area (TPSA) is 15.6 Å². The Bertz CT molecular complexity index is 1020. The fourth-order valence-electron chi connectivity index (χ4n) is 3.96. The normalized spacial score (nSPS) is 14.6. The van der Waals surface area contributed by atoms with Crippen LogP contribution in [0.1, 0.15) is 16.7 Å². The zero-order valence-corrected chi connectivity index (χ0v) is 15.1. The van der Waals surface area contributed by atoms with E-state index in [-0.39, 0.29) is 0 Å². The van der Waals surface area contributed by atoms with Gasteiger partial charge in [0.05, 0.1) is 11.6 Å². The maximum Gasteiger partial charge on any atom is 0.149 e. The smallest absolute Gasteiger partial charge is 0.149 e. The molecule has 3 aromatic rings. The number of benzene rings is 3. The zero-order valence-electron chi connectivity index (χ0n) is 14.3. The van der Waals surface area contributed by atoms with E-state index in [1.165, 1.54) is 44.6 Å². The second kappa shape index (κ2) is 5.50. The van der Waals surface area contributed by atoms with Gasteiger partial charge in [0.2, 0.25) is 0 Å². The van der Waals surface area contributed by atoms with Gasteiger partial charge in [-0.1, -0.05) is 48.5 Å². The van der Waals surface area contributed by atoms with E-state index in [0.29, 0.717) is 0 Å². The average molecular weight is 342 g/mol. The number of anilines is 1. The van der Waals surface area contributed by atoms with Crippen molar-refractivity contribution in [3.63, 3.8) is 0 Å². The molecule has 0 saturated heterocycles. The van der Waals surface area contributed by atoms with Gasteiger partial charge in [0.1, 0.15) is 5.84 Å². The molecule has 0 bridgehead atoms. The van der Waals surface area contributed by atoms with Gasteiger partial charge < -0.3 is 4.90 Å². The predicted octanol–water partition coefficient (Wildman–Crippen LogP) is 5.82. The van der Waals surface area contributed by atoms with E-state index >= 15 is 0 Å². The zero-order chi connectivity index (χ0) is 17.0. The molecular formula is C22H18N2S. The van der Waals surface area contributed by atoms with Gasteiger partial charge in [-0.05, 0) is 65.7 Å². The van der Waals surface area contributed by atoms with Crippen LogP contribution < -0.4 is 4.90 Å². The third kappa shape index (κ3) is 2.16. The highest BCUT2D eigenvalue weighted by Crippen LogP contribution is 2.44. The standard InChI is InChI=1S/C22H18N2S/c1-14-6-5-7-15(2)21(14)16-10-11-20-19(12-16)17-8-3-4-9-18(17)22-23-25-13-24(20)22/h3-12H,13H2,1-2H3. The van der Waals surface area contributed by atoms with E-state index in [9.17, 15) is 0 Å². The molecule has 0 radical (unpaired) electrons. The molecule has 2 aliphatic heterocycles. The SMILES string of the molecule is Cc1cccc(C)c1-c1ccc2c(c1)-c1ccccc1C1=NSCN12. The minimum Gasteiger partial charge on any atom is -0.313 e. The number of hydrogen-bond acceptors (Lipinski definition) is 3. The molecule has 2 aliphatic rings. The molecule has 2 nitrogen and oxygen atoms in total. The van der Waals surface area contributed by atoms with Crippen LogP contribution in [0.5, 0.6) is 0 Å². The first-order valence-corrected chi connectivity index (χ1v) is 9.46. The molecule has 2 heterocycles. The van der Waals surface area contributed by atoms with Crippen LogP contribution in [0, 0.1) is 13.8 Å². The molecule has 3 aromatic carbocycles. The molecule has 122 valence electrons. The van der Waals surface area contributed by atoms with E-state index in [2.05, 4.69) is 83.8 Å². The lowest BCUT2D eigenvalue weighted by atomic mass is 9.88. The molecule has 0 unspecified atom stereocenters. The van der Waals surface area contributed by atoms with E-state index in [0.717, 1.165) is 11.7 Å². The van der Waals surface area contributed by atoms with Gasteiger partial charge in [0.25, 0.3) is 0 Å². The Morgan fingerprint density at radius 2 is 1.60 bits per heavy atom. The summed E-state index contributed by atoms with van der Waals surface area (Å²) >= 11 is 1.63. The lowest BCUT2D eigenvalue weighted by Gasteiger charge is -2.30. The van der Waals surface area contributed by atoms with Crippen LogP contribution in [-0.2, 0) is 0 Å². The molecule has 0 aromatic heterocycles. The lowest BCUT2D eigenvalue weighted by molar-refractivity contribution is 1.23. The predicted molar refractivity (Wildman–Crippen MR) is 108 cm³/mol. The Labute approximate surface area is 152 Å². The highest BCUT2D eigenvalue weighted by Gasteiger charge is 2.31. The van der Waals surface area contributed by atoms with E-state index in [4.69, 9.17) is 0 Å². The fourth-order valence-corrected chi connectivity index (χ4v) is 4.72. The Kier molecular flexibility index (Phi) is 3.25. The molecule has 0 N–H and O–H groups in total. The Hall–Kier alpha value is -2.52. The van der Waals surface area contributed by atoms with Crippen molar-refractivity contribution in [1.82, 2.24) is 0 Å². The highest BCUT2D eigenvalue weighted by molar-refractivity contribution is 7.98. The number of fused-ring (bicyclic) bond motifs is 6. The molecule has 0 amide bonds. The van der Waals surface area contributed by atoms with Crippen LogP contribution in [-0.4, -0.2) is 11.7 Å². The van der Waals surface area contributed by atoms with E-state index in [1.807, 2.05) is 0 Å². The van der Waals surface area contributed by atoms with Gasteiger partial charge >= 0.3 is 0 Å². The maximum absolute atomic E-state index is 4.67. The number of hydrogen-bond donors (Lipinski definition) is 0. The van der Waals surface area contributed by atoms with Crippen LogP contribution in [0.4, 0.5) is 5.69 Å². The third-order valence-electron chi connectivity index (χ3n) is 5.11. The summed E-state index contributed by atoms with van der Waals surface area (Å²) in [6.45, 7) is 4.38. The number of aryl methyl sites for hydroxylation is 2. The van der Waals surface area contributed by atoms with Crippen molar-refractivity contribution in [2.75, 3.05) is 10.8 Å². The second-order valence-corrected chi connectivity index (χ2v) is 7.34. The minimum absolute atomic E-state index is 0.888. The van der Waals surface area contributed by atoms with Crippen molar-refractivity contribution in [2.45, 2.75) is 13.8 Å². The molecule has 5 rings (SSSR count). The summed E-state index contributed by atoms with van der Waals surface area (Å²) in [5.41, 5.74) is 10.4. The summed E-state index contributed by atoms with van der Waals surface area (Å²) in [5, 5.41) is 0. The molecule has 3 heteroatoms. The third-order valence-corrected chi connectivity index (χ3v) is 5.78. The van der Waals surface area contributed by atoms with Crippen molar-refractivity contribution in [1.29, 1.82) is 0 Å². The summed E-state index contributed by atoms with van der Waals surface area (Å²) in [7, 11) is 0. The minimum atomic E-state index is 0.888. The molecular weight excluding hydrogens is 324 g/mol. The Morgan fingerprint density at radius 1 is 0.840 bits per heavy atom. The van der Waals surface area contributed by atoms with Crippen LogP contribution in [0.2, 0.25) is 0 Å². The van der Waals surface area contributed by atoms with E-state index < -0.39 is 0 Å². The largest absolute Gasteiger partial charge is 0.313 e. The van der Waals surface area contributed by atoms with Gasteiger partial charge in [-0.2, -0.15) is 4.40 Å². The number of rotatable bonds is 1. The van der Waals surface area contributed by atoms with E-state index in [1.54, 1.807) is 11.9 Å². The first-order chi connectivity index (χ1) is 12.2. The van der Waals surface area contributed by atoms with Crippen molar-refractivity contribution in [3.8, 4) is 22.3 Å². The van der Waals surface area contributed by atoms with Crippen molar-refractivity contribution in [3.05, 3.63) is 77.4 Å². The lowest BCUT2D eigenvalue weighted by Crippen LogP contribution is -2.31. The van der Waals surface area contributed by atoms with Crippen molar-refractivity contribution in [2.24, 2.45) is 4.40 Å². The van der Waals surface area contributed by atoms with Gasteiger partial charge in [0, 0.05) is 11.1 Å². The summed E-state index contributed by atoms with van der Waals surface area (Å²) in [6.07, 6.45) is 0. The maximum atomic E-state index is 4.67. The van der Waals surface area contributed by atoms with Crippen molar-refractivity contribution < 1.29 is 0 Å². The van der Waals surface area contributed by atoms with Crippen molar-refractivity contribution >= 4 is 23.5 Å². The molecule has 0 atom stereocenters.